The molecule has 0 saturated heterocycles. The fourth-order valence-corrected chi connectivity index (χ4v) is 2.24. The summed E-state index contributed by atoms with van der Waals surface area (Å²) in [5.41, 5.74) is 0. The molecule has 1 fully saturated rings. The van der Waals surface area contributed by atoms with E-state index < -0.39 is 0 Å². The standard InChI is InChI=1S/C12H25NO/c1-4-11(5-2)14-12-8-6-10(13-3)7-9-12/h10-13H,4-9H2,1-3H3. The highest BCUT2D eigenvalue weighted by atomic mass is 16.5. The number of ether oxygens (including phenoxy) is 1. The van der Waals surface area contributed by atoms with Gasteiger partial charge in [-0.25, -0.2) is 0 Å². The van der Waals surface area contributed by atoms with Crippen LogP contribution >= 0.6 is 0 Å². The lowest BCUT2D eigenvalue weighted by atomic mass is 9.93. The van der Waals surface area contributed by atoms with Crippen molar-refractivity contribution < 1.29 is 4.74 Å². The molecular formula is C12H25NO. The maximum Gasteiger partial charge on any atom is 0.0580 e. The van der Waals surface area contributed by atoms with Crippen LogP contribution in [0.5, 0.6) is 0 Å². The van der Waals surface area contributed by atoms with Gasteiger partial charge in [-0.15, -0.1) is 0 Å². The molecule has 0 aliphatic heterocycles. The summed E-state index contributed by atoms with van der Waals surface area (Å²) in [6, 6.07) is 0.733. The first kappa shape index (κ1) is 12.0. The number of hydrogen-bond acceptors (Lipinski definition) is 2. The molecule has 2 nitrogen and oxygen atoms in total. The summed E-state index contributed by atoms with van der Waals surface area (Å²) in [7, 11) is 2.06. The lowest BCUT2D eigenvalue weighted by Crippen LogP contribution is -2.34. The van der Waals surface area contributed by atoms with Crippen LogP contribution in [0.1, 0.15) is 52.4 Å². The third kappa shape index (κ3) is 3.58. The number of nitrogens with one attached hydrogen (secondary N) is 1. The monoisotopic (exact) mass is 199 g/mol. The molecule has 1 aliphatic carbocycles. The van der Waals surface area contributed by atoms with Crippen molar-refractivity contribution in [2.24, 2.45) is 0 Å². The predicted octanol–water partition coefficient (Wildman–Crippen LogP) is 2.72. The first-order valence-electron chi connectivity index (χ1n) is 6.12. The van der Waals surface area contributed by atoms with Gasteiger partial charge in [0.25, 0.3) is 0 Å². The second-order valence-corrected chi connectivity index (χ2v) is 4.34. The lowest BCUT2D eigenvalue weighted by Gasteiger charge is -2.30. The van der Waals surface area contributed by atoms with Crippen LogP contribution in [0.4, 0.5) is 0 Å². The Morgan fingerprint density at radius 1 is 1.14 bits per heavy atom. The van der Waals surface area contributed by atoms with Crippen molar-refractivity contribution in [1.29, 1.82) is 0 Å². The maximum absolute atomic E-state index is 6.05. The second kappa shape index (κ2) is 6.41. The Morgan fingerprint density at radius 2 is 1.71 bits per heavy atom. The minimum atomic E-state index is 0.492. The largest absolute Gasteiger partial charge is 0.375 e. The van der Waals surface area contributed by atoms with E-state index >= 15 is 0 Å². The Kier molecular flexibility index (Phi) is 5.49. The Balaban J connectivity index is 2.21. The molecule has 0 aromatic rings. The average molecular weight is 199 g/mol. The third-order valence-electron chi connectivity index (χ3n) is 3.38. The van der Waals surface area contributed by atoms with Gasteiger partial charge < -0.3 is 10.1 Å². The van der Waals surface area contributed by atoms with Crippen LogP contribution in [0.25, 0.3) is 0 Å². The molecule has 0 radical (unpaired) electrons. The smallest absolute Gasteiger partial charge is 0.0580 e. The topological polar surface area (TPSA) is 21.3 Å². The molecule has 0 aromatic heterocycles. The quantitative estimate of drug-likeness (QED) is 0.735. The molecule has 0 spiro atoms. The van der Waals surface area contributed by atoms with Crippen LogP contribution in [0.3, 0.4) is 0 Å². The van der Waals surface area contributed by atoms with Gasteiger partial charge in [-0.05, 0) is 45.6 Å². The molecule has 1 aliphatic rings. The molecule has 0 atom stereocenters. The van der Waals surface area contributed by atoms with Gasteiger partial charge in [0.05, 0.1) is 12.2 Å². The molecule has 0 heterocycles. The van der Waals surface area contributed by atoms with Crippen molar-refractivity contribution in [3.8, 4) is 0 Å². The van der Waals surface area contributed by atoms with Crippen LogP contribution in [-0.2, 0) is 4.74 Å². The van der Waals surface area contributed by atoms with Crippen LogP contribution in [0.2, 0.25) is 0 Å². The van der Waals surface area contributed by atoms with E-state index in [0.29, 0.717) is 12.2 Å². The summed E-state index contributed by atoms with van der Waals surface area (Å²) in [6.07, 6.45) is 8.37. The van der Waals surface area contributed by atoms with E-state index in [1.807, 2.05) is 0 Å². The molecule has 2 heteroatoms. The van der Waals surface area contributed by atoms with Gasteiger partial charge in [-0.3, -0.25) is 0 Å². The van der Waals surface area contributed by atoms with Gasteiger partial charge in [0, 0.05) is 6.04 Å². The van der Waals surface area contributed by atoms with E-state index in [1.54, 1.807) is 0 Å². The van der Waals surface area contributed by atoms with Gasteiger partial charge in [0.15, 0.2) is 0 Å². The van der Waals surface area contributed by atoms with Crippen LogP contribution in [0, 0.1) is 0 Å². The minimum Gasteiger partial charge on any atom is -0.375 e. The number of hydrogen-bond donors (Lipinski definition) is 1. The predicted molar refractivity (Wildman–Crippen MR) is 60.6 cm³/mol. The zero-order valence-corrected chi connectivity index (χ0v) is 9.88. The summed E-state index contributed by atoms with van der Waals surface area (Å²) in [4.78, 5) is 0. The molecule has 1 rings (SSSR count). The van der Waals surface area contributed by atoms with Crippen LogP contribution < -0.4 is 5.32 Å². The molecular weight excluding hydrogens is 174 g/mol. The van der Waals surface area contributed by atoms with E-state index in [9.17, 15) is 0 Å². The Bertz CT molecular complexity index is 137. The zero-order valence-electron chi connectivity index (χ0n) is 9.88. The van der Waals surface area contributed by atoms with E-state index in [2.05, 4.69) is 26.2 Å². The van der Waals surface area contributed by atoms with Crippen molar-refractivity contribution >= 4 is 0 Å². The Labute approximate surface area is 88.4 Å². The van der Waals surface area contributed by atoms with Crippen molar-refractivity contribution in [2.75, 3.05) is 7.05 Å². The van der Waals surface area contributed by atoms with E-state index in [-0.39, 0.29) is 0 Å². The molecule has 14 heavy (non-hydrogen) atoms. The Morgan fingerprint density at radius 3 is 2.14 bits per heavy atom. The van der Waals surface area contributed by atoms with Gasteiger partial charge in [-0.2, -0.15) is 0 Å². The SMILES string of the molecule is CCC(CC)OC1CCC(NC)CC1. The Hall–Kier alpha value is -0.0800. The first-order valence-corrected chi connectivity index (χ1v) is 6.12. The van der Waals surface area contributed by atoms with Gasteiger partial charge >= 0.3 is 0 Å². The van der Waals surface area contributed by atoms with Crippen molar-refractivity contribution in [3.63, 3.8) is 0 Å². The third-order valence-corrected chi connectivity index (χ3v) is 3.38. The highest BCUT2D eigenvalue weighted by Crippen LogP contribution is 2.23. The molecule has 0 aromatic carbocycles. The summed E-state index contributed by atoms with van der Waals surface area (Å²) in [6.45, 7) is 4.43. The van der Waals surface area contributed by atoms with Crippen LogP contribution in [0.15, 0.2) is 0 Å². The molecule has 1 N–H and O–H groups in total. The first-order chi connectivity index (χ1) is 6.80. The summed E-state index contributed by atoms with van der Waals surface area (Å²) >= 11 is 0. The highest BCUT2D eigenvalue weighted by Gasteiger charge is 2.22. The summed E-state index contributed by atoms with van der Waals surface area (Å²) in [5, 5.41) is 3.35. The molecule has 1 saturated carbocycles. The van der Waals surface area contributed by atoms with Gasteiger partial charge in [0.1, 0.15) is 0 Å². The normalized spacial score (nSPS) is 28.3. The van der Waals surface area contributed by atoms with Gasteiger partial charge in [-0.1, -0.05) is 13.8 Å². The number of rotatable bonds is 5. The minimum absolute atomic E-state index is 0.492. The van der Waals surface area contributed by atoms with Crippen LogP contribution in [-0.4, -0.2) is 25.3 Å². The van der Waals surface area contributed by atoms with Gasteiger partial charge in [0.2, 0.25) is 0 Å². The molecule has 0 bridgehead atoms. The molecule has 0 unspecified atom stereocenters. The fraction of sp³-hybridized carbons (Fsp3) is 1.00. The highest BCUT2D eigenvalue weighted by molar-refractivity contribution is 4.77. The second-order valence-electron chi connectivity index (χ2n) is 4.34. The summed E-state index contributed by atoms with van der Waals surface area (Å²) < 4.78 is 6.05. The maximum atomic E-state index is 6.05. The van der Waals surface area contributed by atoms with E-state index in [1.165, 1.54) is 25.7 Å². The average Bonchev–Trinajstić information content (AvgIpc) is 2.26. The zero-order chi connectivity index (χ0) is 10.4. The fourth-order valence-electron chi connectivity index (χ4n) is 2.24. The molecule has 0 amide bonds. The van der Waals surface area contributed by atoms with Crippen molar-refractivity contribution in [3.05, 3.63) is 0 Å². The van der Waals surface area contributed by atoms with E-state index in [0.717, 1.165) is 18.9 Å². The summed E-state index contributed by atoms with van der Waals surface area (Å²) in [5.74, 6) is 0. The molecule has 84 valence electrons. The van der Waals surface area contributed by atoms with Crippen molar-refractivity contribution in [1.82, 2.24) is 5.32 Å². The van der Waals surface area contributed by atoms with E-state index in [4.69, 9.17) is 4.74 Å². The lowest BCUT2D eigenvalue weighted by molar-refractivity contribution is -0.0359. The van der Waals surface area contributed by atoms with Crippen molar-refractivity contribution in [2.45, 2.75) is 70.6 Å².